The van der Waals surface area contributed by atoms with Gasteiger partial charge in [0.15, 0.2) is 0 Å². The van der Waals surface area contributed by atoms with Crippen molar-refractivity contribution in [3.05, 3.63) is 35.8 Å². The lowest BCUT2D eigenvalue weighted by Crippen LogP contribution is -2.43. The van der Waals surface area contributed by atoms with E-state index in [2.05, 4.69) is 15.8 Å². The number of halogens is 1. The molecule has 1 aromatic heterocycles. The van der Waals surface area contributed by atoms with E-state index in [9.17, 15) is 14.0 Å². The number of benzene rings is 1. The Morgan fingerprint density at radius 1 is 1.21 bits per heavy atom. The number of nitrogens with one attached hydrogen (secondary N) is 3. The Bertz CT molecular complexity index is 634. The molecule has 100 valence electrons. The van der Waals surface area contributed by atoms with E-state index in [1.807, 2.05) is 0 Å². The molecule has 0 atom stereocenters. The topological polar surface area (TPSA) is 74.0 Å². The second kappa shape index (κ2) is 5.09. The van der Waals surface area contributed by atoms with Crippen molar-refractivity contribution in [3.8, 4) is 0 Å². The predicted octanol–water partition coefficient (Wildman–Crippen LogP) is 1.72. The molecule has 0 spiro atoms. The van der Waals surface area contributed by atoms with Crippen LogP contribution in [0.3, 0.4) is 0 Å². The van der Waals surface area contributed by atoms with Crippen LogP contribution in [0.2, 0.25) is 0 Å². The fraction of sp³-hybridized carbons (Fsp3) is 0.231. The average Bonchev–Trinajstić information content (AvgIpc) is 2.78. The largest absolute Gasteiger partial charge is 0.350 e. The SMILES string of the molecule is CC(C)C(=O)NNC(=O)c1cc2cc(F)ccc2[nH]1. The minimum atomic E-state index is -0.481. The van der Waals surface area contributed by atoms with Crippen molar-refractivity contribution < 1.29 is 14.0 Å². The number of amides is 2. The van der Waals surface area contributed by atoms with Gasteiger partial charge < -0.3 is 4.98 Å². The fourth-order valence-corrected chi connectivity index (χ4v) is 1.56. The maximum Gasteiger partial charge on any atom is 0.286 e. The summed E-state index contributed by atoms with van der Waals surface area (Å²) >= 11 is 0. The Morgan fingerprint density at radius 3 is 2.63 bits per heavy atom. The van der Waals surface area contributed by atoms with Gasteiger partial charge in [-0.25, -0.2) is 4.39 Å². The summed E-state index contributed by atoms with van der Waals surface area (Å²) in [6.45, 7) is 3.43. The third kappa shape index (κ3) is 2.90. The highest BCUT2D eigenvalue weighted by molar-refractivity contribution is 5.98. The molecule has 2 rings (SSSR count). The van der Waals surface area contributed by atoms with Gasteiger partial charge in [0.25, 0.3) is 5.91 Å². The Morgan fingerprint density at radius 2 is 1.95 bits per heavy atom. The van der Waals surface area contributed by atoms with E-state index in [-0.39, 0.29) is 23.3 Å². The molecule has 0 aliphatic heterocycles. The summed E-state index contributed by atoms with van der Waals surface area (Å²) in [5, 5.41) is 0.598. The van der Waals surface area contributed by atoms with Gasteiger partial charge in [0.2, 0.25) is 5.91 Å². The van der Waals surface area contributed by atoms with Crippen LogP contribution in [0, 0.1) is 11.7 Å². The van der Waals surface area contributed by atoms with Gasteiger partial charge in [-0.1, -0.05) is 13.8 Å². The molecule has 0 saturated heterocycles. The molecule has 5 nitrogen and oxygen atoms in total. The Hall–Kier alpha value is -2.37. The first-order valence-corrected chi connectivity index (χ1v) is 5.86. The summed E-state index contributed by atoms with van der Waals surface area (Å²) in [7, 11) is 0. The van der Waals surface area contributed by atoms with Crippen LogP contribution < -0.4 is 10.9 Å². The smallest absolute Gasteiger partial charge is 0.286 e. The van der Waals surface area contributed by atoms with Crippen LogP contribution in [0.1, 0.15) is 24.3 Å². The Labute approximate surface area is 109 Å². The van der Waals surface area contributed by atoms with Crippen LogP contribution >= 0.6 is 0 Å². The second-order valence-corrected chi connectivity index (χ2v) is 4.51. The van der Waals surface area contributed by atoms with Crippen molar-refractivity contribution in [1.82, 2.24) is 15.8 Å². The lowest BCUT2D eigenvalue weighted by molar-refractivity contribution is -0.124. The Balaban J connectivity index is 2.11. The third-order valence-corrected chi connectivity index (χ3v) is 2.65. The zero-order chi connectivity index (χ0) is 14.0. The number of hydrogen-bond acceptors (Lipinski definition) is 2. The van der Waals surface area contributed by atoms with Gasteiger partial charge in [-0.2, -0.15) is 0 Å². The third-order valence-electron chi connectivity index (χ3n) is 2.65. The van der Waals surface area contributed by atoms with E-state index in [4.69, 9.17) is 0 Å². The zero-order valence-electron chi connectivity index (χ0n) is 10.6. The van der Waals surface area contributed by atoms with E-state index in [1.165, 1.54) is 18.2 Å². The summed E-state index contributed by atoms with van der Waals surface area (Å²) in [5.41, 5.74) is 5.50. The van der Waals surface area contributed by atoms with Gasteiger partial charge in [-0.15, -0.1) is 0 Å². The summed E-state index contributed by atoms with van der Waals surface area (Å²) in [6, 6.07) is 5.71. The molecule has 2 aromatic rings. The number of aromatic nitrogens is 1. The normalized spacial score (nSPS) is 10.7. The number of carbonyl (C=O) groups excluding carboxylic acids is 2. The van der Waals surface area contributed by atoms with Crippen LogP contribution in [-0.4, -0.2) is 16.8 Å². The molecule has 0 aliphatic carbocycles. The number of fused-ring (bicyclic) bond motifs is 1. The number of hydrogen-bond donors (Lipinski definition) is 3. The highest BCUT2D eigenvalue weighted by Crippen LogP contribution is 2.16. The standard InChI is InChI=1S/C13H14FN3O2/c1-7(2)12(18)16-17-13(19)11-6-8-5-9(14)3-4-10(8)15-11/h3-7,15H,1-2H3,(H,16,18)(H,17,19). The van der Waals surface area contributed by atoms with E-state index in [0.29, 0.717) is 10.9 Å². The van der Waals surface area contributed by atoms with Gasteiger partial charge >= 0.3 is 0 Å². The summed E-state index contributed by atoms with van der Waals surface area (Å²) in [6.07, 6.45) is 0. The number of H-pyrrole nitrogens is 1. The monoisotopic (exact) mass is 263 g/mol. The molecule has 0 fully saturated rings. The predicted molar refractivity (Wildman–Crippen MR) is 68.7 cm³/mol. The van der Waals surface area contributed by atoms with E-state index in [1.54, 1.807) is 19.9 Å². The first-order chi connectivity index (χ1) is 8.97. The maximum absolute atomic E-state index is 13.0. The quantitative estimate of drug-likeness (QED) is 0.722. The summed E-state index contributed by atoms with van der Waals surface area (Å²) in [5.74, 6) is -1.36. The maximum atomic E-state index is 13.0. The molecule has 1 aromatic carbocycles. The minimum Gasteiger partial charge on any atom is -0.350 e. The first-order valence-electron chi connectivity index (χ1n) is 5.86. The van der Waals surface area contributed by atoms with E-state index >= 15 is 0 Å². The van der Waals surface area contributed by atoms with Crippen LogP contribution in [-0.2, 0) is 4.79 Å². The molecule has 0 bridgehead atoms. The number of hydrazine groups is 1. The molecule has 1 heterocycles. The molecule has 0 unspecified atom stereocenters. The molecule has 0 saturated carbocycles. The van der Waals surface area contributed by atoms with Crippen molar-refractivity contribution in [3.63, 3.8) is 0 Å². The molecule has 19 heavy (non-hydrogen) atoms. The van der Waals surface area contributed by atoms with Crippen molar-refractivity contribution in [2.45, 2.75) is 13.8 Å². The van der Waals surface area contributed by atoms with Crippen molar-refractivity contribution >= 4 is 22.7 Å². The van der Waals surface area contributed by atoms with Gasteiger partial charge in [0, 0.05) is 16.8 Å². The number of rotatable bonds is 2. The minimum absolute atomic E-state index is 0.225. The number of carbonyl (C=O) groups is 2. The summed E-state index contributed by atoms with van der Waals surface area (Å²) in [4.78, 5) is 25.9. The highest BCUT2D eigenvalue weighted by atomic mass is 19.1. The van der Waals surface area contributed by atoms with Crippen LogP contribution in [0.25, 0.3) is 10.9 Å². The van der Waals surface area contributed by atoms with Crippen molar-refractivity contribution in [2.24, 2.45) is 5.92 Å². The molecular formula is C13H14FN3O2. The molecule has 0 radical (unpaired) electrons. The molecule has 0 aliphatic rings. The lowest BCUT2D eigenvalue weighted by Gasteiger charge is -2.07. The molecule has 6 heteroatoms. The van der Waals surface area contributed by atoms with Crippen molar-refractivity contribution in [1.29, 1.82) is 0 Å². The van der Waals surface area contributed by atoms with Crippen LogP contribution in [0.4, 0.5) is 4.39 Å². The molecular weight excluding hydrogens is 249 g/mol. The van der Waals surface area contributed by atoms with E-state index < -0.39 is 5.91 Å². The van der Waals surface area contributed by atoms with Crippen LogP contribution in [0.5, 0.6) is 0 Å². The average molecular weight is 263 g/mol. The number of aromatic amines is 1. The highest BCUT2D eigenvalue weighted by Gasteiger charge is 2.12. The van der Waals surface area contributed by atoms with Gasteiger partial charge in [0.1, 0.15) is 11.5 Å². The summed E-state index contributed by atoms with van der Waals surface area (Å²) < 4.78 is 13.0. The fourth-order valence-electron chi connectivity index (χ4n) is 1.56. The van der Waals surface area contributed by atoms with Crippen LogP contribution in [0.15, 0.2) is 24.3 Å². The Kier molecular flexibility index (Phi) is 3.50. The molecule has 3 N–H and O–H groups in total. The second-order valence-electron chi connectivity index (χ2n) is 4.51. The molecule has 2 amide bonds. The van der Waals surface area contributed by atoms with Crippen molar-refractivity contribution in [2.75, 3.05) is 0 Å². The van der Waals surface area contributed by atoms with Gasteiger partial charge in [-0.3, -0.25) is 20.4 Å². The lowest BCUT2D eigenvalue weighted by atomic mass is 10.2. The van der Waals surface area contributed by atoms with E-state index in [0.717, 1.165) is 0 Å². The van der Waals surface area contributed by atoms with Gasteiger partial charge in [0.05, 0.1) is 0 Å². The van der Waals surface area contributed by atoms with Gasteiger partial charge in [-0.05, 0) is 24.3 Å². The first kappa shape index (κ1) is 13.1. The zero-order valence-corrected chi connectivity index (χ0v) is 10.6.